The molecule has 3 atom stereocenters. The number of fused-ring (bicyclic) bond motifs is 1. The SMILES string of the molecule is C#C[C@]1(COC(=O)CCCCCC)OCC(n2cnc3c(N)nc(F)nc32)[C@@H]1OC(=O)OCCCCCC. The molecule has 1 fully saturated rings. The Morgan fingerprint density at radius 3 is 2.63 bits per heavy atom. The van der Waals surface area contributed by atoms with Gasteiger partial charge in [0, 0.05) is 6.42 Å². The van der Waals surface area contributed by atoms with Crippen LogP contribution < -0.4 is 5.73 Å². The summed E-state index contributed by atoms with van der Waals surface area (Å²) in [5, 5.41) is 0. The largest absolute Gasteiger partial charge is 0.508 e. The van der Waals surface area contributed by atoms with Gasteiger partial charge in [0.05, 0.1) is 19.5 Å². The molecule has 11 nitrogen and oxygen atoms in total. The topological polar surface area (TPSA) is 141 Å². The Balaban J connectivity index is 1.81. The van der Waals surface area contributed by atoms with E-state index < -0.39 is 35.9 Å². The third-order valence-electron chi connectivity index (χ3n) is 6.47. The summed E-state index contributed by atoms with van der Waals surface area (Å²) in [6.45, 7) is 3.92. The van der Waals surface area contributed by atoms with Crippen LogP contribution in [-0.2, 0) is 23.7 Å². The number of imidazole rings is 1. The van der Waals surface area contributed by atoms with E-state index >= 15 is 0 Å². The van der Waals surface area contributed by atoms with Crippen LogP contribution in [0.15, 0.2) is 6.33 Å². The number of esters is 1. The molecule has 0 bridgehead atoms. The third-order valence-corrected chi connectivity index (χ3v) is 6.47. The molecule has 2 N–H and O–H groups in total. The minimum atomic E-state index is -1.61. The number of hydrogen-bond acceptors (Lipinski definition) is 10. The van der Waals surface area contributed by atoms with E-state index in [0.29, 0.717) is 12.8 Å². The molecule has 38 heavy (non-hydrogen) atoms. The number of rotatable bonds is 14. The van der Waals surface area contributed by atoms with Crippen molar-refractivity contribution in [3.05, 3.63) is 12.4 Å². The zero-order valence-electron chi connectivity index (χ0n) is 22.0. The Morgan fingerprint density at radius 1 is 1.18 bits per heavy atom. The van der Waals surface area contributed by atoms with Gasteiger partial charge in [0.2, 0.25) is 5.60 Å². The van der Waals surface area contributed by atoms with Crippen LogP contribution in [0.5, 0.6) is 0 Å². The highest BCUT2D eigenvalue weighted by Gasteiger charge is 2.54. The van der Waals surface area contributed by atoms with Gasteiger partial charge in [0.15, 0.2) is 17.6 Å². The van der Waals surface area contributed by atoms with Gasteiger partial charge < -0.3 is 29.2 Å². The van der Waals surface area contributed by atoms with Crippen molar-refractivity contribution in [1.82, 2.24) is 19.5 Å². The van der Waals surface area contributed by atoms with Gasteiger partial charge in [-0.15, -0.1) is 6.42 Å². The first-order valence-electron chi connectivity index (χ1n) is 13.1. The average Bonchev–Trinajstić information content (AvgIpc) is 3.47. The molecule has 1 aliphatic rings. The number of nitrogen functional groups attached to an aromatic ring is 1. The van der Waals surface area contributed by atoms with Crippen LogP contribution in [0.2, 0.25) is 0 Å². The number of unbranched alkanes of at least 4 members (excludes halogenated alkanes) is 6. The summed E-state index contributed by atoms with van der Waals surface area (Å²) in [6.07, 6.45) is 11.6. The maximum absolute atomic E-state index is 14.0. The highest BCUT2D eigenvalue weighted by atomic mass is 19.1. The molecular weight excluding hydrogens is 497 g/mol. The Kier molecular flexibility index (Phi) is 10.6. The van der Waals surface area contributed by atoms with Crippen molar-refractivity contribution in [2.75, 3.05) is 25.6 Å². The van der Waals surface area contributed by atoms with E-state index in [1.54, 1.807) is 0 Å². The lowest BCUT2D eigenvalue weighted by molar-refractivity contribution is -0.153. The van der Waals surface area contributed by atoms with Crippen LogP contribution >= 0.6 is 0 Å². The van der Waals surface area contributed by atoms with Crippen molar-refractivity contribution in [2.45, 2.75) is 89.4 Å². The number of nitrogens with zero attached hydrogens (tertiary/aromatic N) is 4. The number of halogens is 1. The van der Waals surface area contributed by atoms with Crippen LogP contribution in [0, 0.1) is 18.4 Å². The Hall–Kier alpha value is -3.46. The van der Waals surface area contributed by atoms with Crippen molar-refractivity contribution >= 4 is 29.1 Å². The summed E-state index contributed by atoms with van der Waals surface area (Å²) < 4.78 is 37.8. The smallest absolute Gasteiger partial charge is 0.461 e. The lowest BCUT2D eigenvalue weighted by Gasteiger charge is -2.30. The molecule has 0 spiro atoms. The first-order chi connectivity index (χ1) is 18.3. The number of aromatic nitrogens is 4. The summed E-state index contributed by atoms with van der Waals surface area (Å²) in [5.74, 6) is 1.94. The highest BCUT2D eigenvalue weighted by molar-refractivity contribution is 5.81. The van der Waals surface area contributed by atoms with Gasteiger partial charge in [-0.1, -0.05) is 58.3 Å². The number of carbonyl (C=O) groups is 2. The second-order valence-electron chi connectivity index (χ2n) is 9.28. The molecule has 12 heteroatoms. The minimum Gasteiger partial charge on any atom is -0.461 e. The quantitative estimate of drug-likeness (QED) is 0.163. The minimum absolute atomic E-state index is 0.0658. The first kappa shape index (κ1) is 29.1. The second kappa shape index (κ2) is 13.9. The Bertz CT molecular complexity index is 1140. The van der Waals surface area contributed by atoms with Gasteiger partial charge in [-0.2, -0.15) is 14.4 Å². The first-order valence-corrected chi connectivity index (χ1v) is 13.1. The predicted molar refractivity (Wildman–Crippen MR) is 136 cm³/mol. The number of hydrogen-bond donors (Lipinski definition) is 1. The molecule has 0 aromatic carbocycles. The number of terminal acetylenes is 1. The fraction of sp³-hybridized carbons (Fsp3) is 0.654. The van der Waals surface area contributed by atoms with Gasteiger partial charge in [0.25, 0.3) is 0 Å². The molecule has 1 saturated heterocycles. The predicted octanol–water partition coefficient (Wildman–Crippen LogP) is 4.11. The monoisotopic (exact) mass is 533 g/mol. The van der Waals surface area contributed by atoms with E-state index in [9.17, 15) is 14.0 Å². The van der Waals surface area contributed by atoms with E-state index in [2.05, 4.69) is 34.7 Å². The van der Waals surface area contributed by atoms with Gasteiger partial charge >= 0.3 is 18.2 Å². The summed E-state index contributed by atoms with van der Waals surface area (Å²) in [6, 6.07) is -0.791. The molecule has 208 valence electrons. The molecule has 2 aromatic rings. The molecule has 3 rings (SSSR count). The zero-order chi connectivity index (χ0) is 27.5. The molecule has 3 heterocycles. The zero-order valence-corrected chi connectivity index (χ0v) is 22.0. The number of nitrogens with two attached hydrogens (primary N) is 1. The lowest BCUT2D eigenvalue weighted by atomic mass is 9.95. The van der Waals surface area contributed by atoms with Crippen molar-refractivity contribution in [2.24, 2.45) is 0 Å². The van der Waals surface area contributed by atoms with E-state index in [1.165, 1.54) is 10.9 Å². The van der Waals surface area contributed by atoms with E-state index in [1.807, 2.05) is 0 Å². The number of ether oxygens (including phenoxy) is 4. The summed E-state index contributed by atoms with van der Waals surface area (Å²) in [5.41, 5.74) is 4.43. The lowest BCUT2D eigenvalue weighted by Crippen LogP contribution is -2.48. The fourth-order valence-corrected chi connectivity index (χ4v) is 4.34. The number of carbonyl (C=O) groups excluding carboxylic acids is 2. The fourth-order valence-electron chi connectivity index (χ4n) is 4.34. The van der Waals surface area contributed by atoms with Gasteiger partial charge in [0.1, 0.15) is 18.2 Å². The summed E-state index contributed by atoms with van der Waals surface area (Å²) >= 11 is 0. The molecule has 1 aliphatic heterocycles. The van der Waals surface area contributed by atoms with E-state index in [0.717, 1.165) is 38.5 Å². The van der Waals surface area contributed by atoms with Crippen LogP contribution in [0.1, 0.15) is 77.7 Å². The van der Waals surface area contributed by atoms with Crippen LogP contribution in [-0.4, -0.2) is 63.2 Å². The molecule has 0 amide bonds. The summed E-state index contributed by atoms with van der Waals surface area (Å²) in [4.78, 5) is 36.5. The average molecular weight is 534 g/mol. The van der Waals surface area contributed by atoms with Crippen molar-refractivity contribution in [3.8, 4) is 12.3 Å². The normalized spacial score (nSPS) is 20.8. The van der Waals surface area contributed by atoms with Gasteiger partial charge in [-0.25, -0.2) is 9.78 Å². The van der Waals surface area contributed by atoms with E-state index in [4.69, 9.17) is 31.1 Å². The van der Waals surface area contributed by atoms with Gasteiger partial charge in [-0.3, -0.25) is 4.79 Å². The maximum atomic E-state index is 14.0. The Morgan fingerprint density at radius 2 is 1.92 bits per heavy atom. The van der Waals surface area contributed by atoms with Crippen molar-refractivity contribution in [3.63, 3.8) is 0 Å². The second-order valence-corrected chi connectivity index (χ2v) is 9.28. The molecule has 0 aliphatic carbocycles. The van der Waals surface area contributed by atoms with Crippen molar-refractivity contribution in [1.29, 1.82) is 0 Å². The maximum Gasteiger partial charge on any atom is 0.508 e. The highest BCUT2D eigenvalue weighted by Crippen LogP contribution is 2.38. The van der Waals surface area contributed by atoms with Crippen LogP contribution in [0.3, 0.4) is 0 Å². The van der Waals surface area contributed by atoms with Crippen LogP contribution in [0.4, 0.5) is 15.0 Å². The molecule has 1 unspecified atom stereocenters. The molecule has 2 aromatic heterocycles. The standard InChI is InChI=1S/C26H36FN5O6/c1-4-7-9-11-13-19(33)36-16-26(6-3)21(38-25(34)35-14-12-10-8-5-2)18(15-37-26)32-17-29-20-22(28)30-24(27)31-23(20)32/h3,17-18,21H,4-5,7-16H2,1-2H3,(H2,28,30,31)/t18?,21-,26+/m0/s1. The molecule has 0 radical (unpaired) electrons. The van der Waals surface area contributed by atoms with Crippen molar-refractivity contribution < 1.29 is 32.9 Å². The molecular formula is C26H36FN5O6. The van der Waals surface area contributed by atoms with E-state index in [-0.39, 0.29) is 43.2 Å². The number of anilines is 1. The van der Waals surface area contributed by atoms with Crippen LogP contribution in [0.25, 0.3) is 11.2 Å². The van der Waals surface area contributed by atoms with Gasteiger partial charge in [-0.05, 0) is 12.8 Å². The summed E-state index contributed by atoms with van der Waals surface area (Å²) in [7, 11) is 0. The third kappa shape index (κ3) is 7.10. The Labute approximate surface area is 221 Å². The molecule has 0 saturated carbocycles.